The maximum Gasteiger partial charge on any atom is 0.268 e. The minimum atomic E-state index is -0.463. The molecular weight excluding hydrogens is 468 g/mol. The minimum Gasteiger partial charge on any atom is -0.494 e. The molecule has 0 saturated heterocycles. The summed E-state index contributed by atoms with van der Waals surface area (Å²) in [6, 6.07) is 24.4. The number of fused-ring (bicyclic) bond motifs is 1. The van der Waals surface area contributed by atoms with Gasteiger partial charge in [-0.15, -0.1) is 11.3 Å². The maximum atomic E-state index is 13.2. The van der Waals surface area contributed by atoms with Crippen LogP contribution in [0.1, 0.15) is 32.3 Å². The Balaban J connectivity index is 1.33. The third kappa shape index (κ3) is 5.14. The van der Waals surface area contributed by atoms with Crippen molar-refractivity contribution >= 4 is 22.9 Å². The molecule has 0 fully saturated rings. The molecule has 0 radical (unpaired) electrons. The van der Waals surface area contributed by atoms with Crippen molar-refractivity contribution in [2.75, 3.05) is 18.1 Å². The smallest absolute Gasteiger partial charge is 0.268 e. The Hall–Kier alpha value is -3.64. The lowest BCUT2D eigenvalue weighted by Gasteiger charge is -2.34. The number of hydrogen-bond donors (Lipinski definition) is 0. The second-order valence-corrected chi connectivity index (χ2v) is 9.65. The molecule has 1 unspecified atom stereocenters. The quantitative estimate of drug-likeness (QED) is 0.233. The van der Waals surface area contributed by atoms with Crippen molar-refractivity contribution in [1.29, 1.82) is 0 Å². The van der Waals surface area contributed by atoms with Gasteiger partial charge in [0.25, 0.3) is 5.91 Å². The number of thiazole rings is 1. The first-order valence-corrected chi connectivity index (χ1v) is 13.4. The van der Waals surface area contributed by atoms with Crippen LogP contribution in [0.3, 0.4) is 0 Å². The van der Waals surface area contributed by atoms with E-state index in [1.165, 1.54) is 5.56 Å². The summed E-state index contributed by atoms with van der Waals surface area (Å²) in [5.41, 5.74) is 5.04. The van der Waals surface area contributed by atoms with Crippen LogP contribution < -0.4 is 14.4 Å². The highest BCUT2D eigenvalue weighted by atomic mass is 32.1. The number of hydrogen-bond acceptors (Lipinski definition) is 5. The standard InChI is InChI=1S/C30H30N2O3S/c1-3-21-11-14-24(15-12-21)34-18-8-17-32-26-19-23(13-16-28(26)35-27(4-2)30(32)33)25-20-36-29(31-25)22-9-6-5-7-10-22/h5-7,9-16,19-20,27H,3-4,8,17-18H2,1-2H3. The van der Waals surface area contributed by atoms with Crippen molar-refractivity contribution in [3.8, 4) is 33.3 Å². The molecule has 0 saturated carbocycles. The van der Waals surface area contributed by atoms with Crippen molar-refractivity contribution in [2.45, 2.75) is 39.2 Å². The van der Waals surface area contributed by atoms with Gasteiger partial charge in [0.1, 0.15) is 16.5 Å². The molecule has 6 heteroatoms. The van der Waals surface area contributed by atoms with Crippen molar-refractivity contribution in [3.63, 3.8) is 0 Å². The molecule has 0 bridgehead atoms. The predicted molar refractivity (Wildman–Crippen MR) is 146 cm³/mol. The number of aromatic nitrogens is 1. The summed E-state index contributed by atoms with van der Waals surface area (Å²) in [4.78, 5) is 19.9. The first kappa shape index (κ1) is 24.1. The lowest BCUT2D eigenvalue weighted by Crippen LogP contribution is -2.46. The third-order valence-electron chi connectivity index (χ3n) is 6.38. The third-order valence-corrected chi connectivity index (χ3v) is 7.27. The van der Waals surface area contributed by atoms with E-state index in [0.717, 1.165) is 51.9 Å². The average molecular weight is 499 g/mol. The molecule has 1 amide bonds. The Morgan fingerprint density at radius 3 is 2.56 bits per heavy atom. The number of carbonyl (C=O) groups excluding carboxylic acids is 1. The first-order valence-electron chi connectivity index (χ1n) is 12.5. The van der Waals surface area contributed by atoms with Gasteiger partial charge < -0.3 is 14.4 Å². The zero-order chi connectivity index (χ0) is 24.9. The molecule has 1 aromatic heterocycles. The van der Waals surface area contributed by atoms with Crippen LogP contribution in [-0.2, 0) is 11.2 Å². The van der Waals surface area contributed by atoms with E-state index in [2.05, 4.69) is 36.6 Å². The fraction of sp³-hybridized carbons (Fsp3) is 0.267. The molecule has 1 aliphatic heterocycles. The van der Waals surface area contributed by atoms with Gasteiger partial charge in [-0.2, -0.15) is 0 Å². The zero-order valence-corrected chi connectivity index (χ0v) is 21.5. The van der Waals surface area contributed by atoms with E-state index < -0.39 is 6.10 Å². The summed E-state index contributed by atoms with van der Waals surface area (Å²) < 4.78 is 12.0. The summed E-state index contributed by atoms with van der Waals surface area (Å²) in [7, 11) is 0. The second-order valence-electron chi connectivity index (χ2n) is 8.79. The number of amides is 1. The van der Waals surface area contributed by atoms with E-state index in [1.54, 1.807) is 11.3 Å². The highest BCUT2D eigenvalue weighted by molar-refractivity contribution is 7.13. The van der Waals surface area contributed by atoms with E-state index >= 15 is 0 Å². The van der Waals surface area contributed by atoms with Gasteiger partial charge in [0, 0.05) is 23.1 Å². The van der Waals surface area contributed by atoms with Crippen LogP contribution in [0.5, 0.6) is 11.5 Å². The Morgan fingerprint density at radius 2 is 1.81 bits per heavy atom. The van der Waals surface area contributed by atoms with Gasteiger partial charge in [0.05, 0.1) is 18.0 Å². The molecule has 4 aromatic rings. The first-order chi connectivity index (χ1) is 17.7. The topological polar surface area (TPSA) is 51.7 Å². The molecule has 1 atom stereocenters. The summed E-state index contributed by atoms with van der Waals surface area (Å²) >= 11 is 1.62. The molecule has 1 aliphatic rings. The summed E-state index contributed by atoms with van der Waals surface area (Å²) in [6.45, 7) is 5.21. The van der Waals surface area contributed by atoms with E-state index in [9.17, 15) is 4.79 Å². The normalized spacial score (nSPS) is 14.9. The lowest BCUT2D eigenvalue weighted by atomic mass is 10.1. The van der Waals surface area contributed by atoms with Gasteiger partial charge in [-0.25, -0.2) is 4.98 Å². The van der Waals surface area contributed by atoms with Crippen LogP contribution in [0.15, 0.2) is 78.2 Å². The zero-order valence-electron chi connectivity index (χ0n) is 20.6. The highest BCUT2D eigenvalue weighted by Gasteiger charge is 2.33. The number of nitrogens with zero attached hydrogens (tertiary/aromatic N) is 2. The number of rotatable bonds is 9. The number of ether oxygens (including phenoxy) is 2. The Morgan fingerprint density at radius 1 is 1.00 bits per heavy atom. The summed E-state index contributed by atoms with van der Waals surface area (Å²) in [5.74, 6) is 1.59. The van der Waals surface area contributed by atoms with Gasteiger partial charge >= 0.3 is 0 Å². The predicted octanol–water partition coefficient (Wildman–Crippen LogP) is 7.01. The van der Waals surface area contributed by atoms with Gasteiger partial charge in [0.2, 0.25) is 0 Å². The monoisotopic (exact) mass is 498 g/mol. The van der Waals surface area contributed by atoms with Crippen molar-refractivity contribution in [3.05, 3.63) is 83.7 Å². The minimum absolute atomic E-state index is 0.00213. The molecule has 0 N–H and O–H groups in total. The van der Waals surface area contributed by atoms with Crippen LogP contribution in [0.4, 0.5) is 5.69 Å². The van der Waals surface area contributed by atoms with Gasteiger partial charge in [-0.05, 0) is 55.2 Å². The molecule has 36 heavy (non-hydrogen) atoms. The van der Waals surface area contributed by atoms with Gasteiger partial charge in [-0.1, -0.05) is 56.3 Å². The van der Waals surface area contributed by atoms with Crippen LogP contribution in [-0.4, -0.2) is 30.1 Å². The van der Waals surface area contributed by atoms with E-state index in [-0.39, 0.29) is 5.91 Å². The molecule has 0 aliphatic carbocycles. The number of anilines is 1. The maximum absolute atomic E-state index is 13.2. The van der Waals surface area contributed by atoms with Crippen LogP contribution in [0, 0.1) is 0 Å². The molecule has 5 rings (SSSR count). The van der Waals surface area contributed by atoms with E-state index in [0.29, 0.717) is 19.6 Å². The average Bonchev–Trinajstić information content (AvgIpc) is 3.43. The van der Waals surface area contributed by atoms with Crippen molar-refractivity contribution in [2.24, 2.45) is 0 Å². The van der Waals surface area contributed by atoms with E-state index in [4.69, 9.17) is 14.5 Å². The number of carbonyl (C=O) groups is 1. The molecule has 3 aromatic carbocycles. The molecule has 0 spiro atoms. The largest absolute Gasteiger partial charge is 0.494 e. The van der Waals surface area contributed by atoms with E-state index in [1.807, 2.05) is 60.4 Å². The number of aryl methyl sites for hydroxylation is 1. The second kappa shape index (κ2) is 11.0. The SMILES string of the molecule is CCc1ccc(OCCCN2C(=O)C(CC)Oc3ccc(-c4csc(-c5ccccc5)n4)cc32)cc1. The van der Waals surface area contributed by atoms with Crippen molar-refractivity contribution < 1.29 is 14.3 Å². The van der Waals surface area contributed by atoms with Crippen molar-refractivity contribution in [1.82, 2.24) is 4.98 Å². The summed E-state index contributed by atoms with van der Waals surface area (Å²) in [5, 5.41) is 3.04. The fourth-order valence-electron chi connectivity index (χ4n) is 4.33. The molecular formula is C30H30N2O3S. The lowest BCUT2D eigenvalue weighted by molar-refractivity contribution is -0.126. The molecule has 5 nitrogen and oxygen atoms in total. The molecule has 184 valence electrons. The van der Waals surface area contributed by atoms with Gasteiger partial charge in [-0.3, -0.25) is 4.79 Å². The Bertz CT molecular complexity index is 1320. The van der Waals surface area contributed by atoms with Crippen LogP contribution in [0.2, 0.25) is 0 Å². The Labute approximate surface area is 216 Å². The Kier molecular flexibility index (Phi) is 7.33. The number of benzene rings is 3. The van der Waals surface area contributed by atoms with Crippen LogP contribution in [0.25, 0.3) is 21.8 Å². The fourth-order valence-corrected chi connectivity index (χ4v) is 5.16. The highest BCUT2D eigenvalue weighted by Crippen LogP contribution is 2.39. The van der Waals surface area contributed by atoms with Gasteiger partial charge in [0.15, 0.2) is 6.10 Å². The molecule has 2 heterocycles. The van der Waals surface area contributed by atoms with Crippen LogP contribution >= 0.6 is 11.3 Å². The summed E-state index contributed by atoms with van der Waals surface area (Å²) in [6.07, 6.45) is 1.89.